The minimum atomic E-state index is -3.73. The largest absolute Gasteiger partial charge is 0.302 e. The minimum absolute atomic E-state index is 0.0252. The van der Waals surface area contributed by atoms with E-state index in [0.717, 1.165) is 50.8 Å². The number of piperidine rings is 1. The lowest BCUT2D eigenvalue weighted by molar-refractivity contribution is -0.388. The summed E-state index contributed by atoms with van der Waals surface area (Å²) < 4.78 is 29.4. The van der Waals surface area contributed by atoms with Gasteiger partial charge in [0.05, 0.1) is 14.7 Å². The van der Waals surface area contributed by atoms with Crippen molar-refractivity contribution in [3.63, 3.8) is 0 Å². The van der Waals surface area contributed by atoms with Gasteiger partial charge in [0.25, 0.3) is 5.69 Å². The number of nitrogens with zero attached hydrogens (tertiary/aromatic N) is 5. The van der Waals surface area contributed by atoms with Crippen LogP contribution in [0.1, 0.15) is 62.7 Å². The maximum absolute atomic E-state index is 12.9. The van der Waals surface area contributed by atoms with Gasteiger partial charge < -0.3 is 4.57 Å². The molecule has 2 heterocycles. The number of benzene rings is 1. The first-order valence-corrected chi connectivity index (χ1v) is 12.6. The molecule has 0 unspecified atom stereocenters. The van der Waals surface area contributed by atoms with Crippen LogP contribution in [0.2, 0.25) is 0 Å². The highest BCUT2D eigenvalue weighted by molar-refractivity contribution is 7.99. The van der Waals surface area contributed by atoms with Crippen LogP contribution in [0, 0.1) is 10.1 Å². The van der Waals surface area contributed by atoms with E-state index in [9.17, 15) is 18.5 Å². The Kier molecular flexibility index (Phi) is 5.06. The lowest BCUT2D eigenvalue weighted by Crippen LogP contribution is -2.35. The predicted molar refractivity (Wildman–Crippen MR) is 110 cm³/mol. The highest BCUT2D eigenvalue weighted by atomic mass is 32.2. The van der Waals surface area contributed by atoms with Crippen LogP contribution in [-0.4, -0.2) is 45.5 Å². The SMILES string of the molecule is O=[N+]([O-])c1cc(S(=O)(=O)N2CCCCC2)ccc1Sc1nnc(C2CC2)n1C1CC1. The fraction of sp³-hybridized carbons (Fsp3) is 0.579. The molecule has 3 aliphatic rings. The topological polar surface area (TPSA) is 111 Å². The highest BCUT2D eigenvalue weighted by Crippen LogP contribution is 2.47. The smallest absolute Gasteiger partial charge is 0.284 e. The fourth-order valence-electron chi connectivity index (χ4n) is 3.89. The molecule has 0 amide bonds. The van der Waals surface area contributed by atoms with Crippen LogP contribution in [0.25, 0.3) is 0 Å². The van der Waals surface area contributed by atoms with Gasteiger partial charge in [-0.25, -0.2) is 8.42 Å². The first kappa shape index (κ1) is 20.0. The van der Waals surface area contributed by atoms with Crippen LogP contribution in [0.3, 0.4) is 0 Å². The van der Waals surface area contributed by atoms with E-state index in [1.807, 2.05) is 0 Å². The molecule has 1 aliphatic heterocycles. The summed E-state index contributed by atoms with van der Waals surface area (Å²) in [6.45, 7) is 0.919. The van der Waals surface area contributed by atoms with Gasteiger partial charge in [0.15, 0.2) is 5.16 Å². The van der Waals surface area contributed by atoms with Crippen LogP contribution in [0.4, 0.5) is 5.69 Å². The van der Waals surface area contributed by atoms with E-state index in [0.29, 0.717) is 35.1 Å². The summed E-state index contributed by atoms with van der Waals surface area (Å²) in [5, 5.41) is 21.1. The Hall–Kier alpha value is -1.98. The second-order valence-corrected chi connectivity index (χ2v) is 11.1. The molecule has 1 aromatic carbocycles. The van der Waals surface area contributed by atoms with Gasteiger partial charge in [-0.3, -0.25) is 10.1 Å². The van der Waals surface area contributed by atoms with E-state index < -0.39 is 14.9 Å². The Labute approximate surface area is 179 Å². The molecule has 0 N–H and O–H groups in total. The first-order valence-electron chi connectivity index (χ1n) is 10.4. The standard InChI is InChI=1S/C19H23N5O4S2/c25-24(26)16-12-15(30(27,28)22-10-2-1-3-11-22)8-9-17(16)29-19-21-20-18(13-4-5-13)23(19)14-6-7-14/h8-9,12-14H,1-7,10-11H2. The quantitative estimate of drug-likeness (QED) is 0.468. The summed E-state index contributed by atoms with van der Waals surface area (Å²) >= 11 is 1.20. The van der Waals surface area contributed by atoms with Gasteiger partial charge in [0, 0.05) is 31.1 Å². The predicted octanol–water partition coefficient (Wildman–Crippen LogP) is 3.72. The van der Waals surface area contributed by atoms with Crippen molar-refractivity contribution in [2.45, 2.75) is 71.9 Å². The maximum Gasteiger partial charge on any atom is 0.284 e. The molecule has 0 radical (unpaired) electrons. The molecule has 0 atom stereocenters. The summed E-state index contributed by atoms with van der Waals surface area (Å²) in [6, 6.07) is 4.56. The Morgan fingerprint density at radius 1 is 1.07 bits per heavy atom. The zero-order chi connectivity index (χ0) is 20.9. The zero-order valence-corrected chi connectivity index (χ0v) is 18.1. The van der Waals surface area contributed by atoms with Crippen molar-refractivity contribution in [2.24, 2.45) is 0 Å². The third kappa shape index (κ3) is 3.74. The monoisotopic (exact) mass is 449 g/mol. The third-order valence-corrected chi connectivity index (χ3v) is 8.75. The van der Waals surface area contributed by atoms with Crippen molar-refractivity contribution in [2.75, 3.05) is 13.1 Å². The molecule has 2 saturated carbocycles. The van der Waals surface area contributed by atoms with Crippen LogP contribution >= 0.6 is 11.8 Å². The van der Waals surface area contributed by atoms with E-state index in [4.69, 9.17) is 0 Å². The molecule has 1 saturated heterocycles. The first-order chi connectivity index (χ1) is 14.4. The molecule has 9 nitrogen and oxygen atoms in total. The number of nitro groups is 1. The van der Waals surface area contributed by atoms with Gasteiger partial charge in [0.2, 0.25) is 10.0 Å². The Bertz CT molecular complexity index is 1090. The molecule has 1 aromatic heterocycles. The fourth-order valence-corrected chi connectivity index (χ4v) is 6.42. The van der Waals surface area contributed by atoms with Crippen molar-refractivity contribution >= 4 is 27.5 Å². The van der Waals surface area contributed by atoms with Crippen LogP contribution in [0.5, 0.6) is 0 Å². The Balaban J connectivity index is 1.47. The average Bonchev–Trinajstić information content (AvgIpc) is 3.68. The maximum atomic E-state index is 12.9. The van der Waals surface area contributed by atoms with E-state index in [2.05, 4.69) is 14.8 Å². The van der Waals surface area contributed by atoms with Gasteiger partial charge in [-0.1, -0.05) is 6.42 Å². The molecule has 0 bridgehead atoms. The molecule has 2 aromatic rings. The van der Waals surface area contributed by atoms with Crippen molar-refractivity contribution in [3.8, 4) is 0 Å². The molecule has 5 rings (SSSR count). The van der Waals surface area contributed by atoms with Crippen LogP contribution in [-0.2, 0) is 10.0 Å². The van der Waals surface area contributed by atoms with E-state index in [-0.39, 0.29) is 10.6 Å². The van der Waals surface area contributed by atoms with Crippen LogP contribution < -0.4 is 0 Å². The molecule has 3 fully saturated rings. The lowest BCUT2D eigenvalue weighted by Gasteiger charge is -2.25. The normalized spacial score (nSPS) is 20.4. The number of sulfonamides is 1. The lowest BCUT2D eigenvalue weighted by atomic mass is 10.2. The summed E-state index contributed by atoms with van der Waals surface area (Å²) in [5.41, 5.74) is -0.212. The van der Waals surface area contributed by atoms with Gasteiger partial charge in [0.1, 0.15) is 5.82 Å². The molecule has 160 valence electrons. The van der Waals surface area contributed by atoms with Crippen molar-refractivity contribution in [1.29, 1.82) is 0 Å². The van der Waals surface area contributed by atoms with Gasteiger partial charge in [-0.05, 0) is 62.4 Å². The van der Waals surface area contributed by atoms with E-state index >= 15 is 0 Å². The second-order valence-electron chi connectivity index (χ2n) is 8.17. The van der Waals surface area contributed by atoms with Gasteiger partial charge in [-0.2, -0.15) is 4.31 Å². The van der Waals surface area contributed by atoms with Crippen LogP contribution in [0.15, 0.2) is 33.1 Å². The number of hydrogen-bond acceptors (Lipinski definition) is 7. The Morgan fingerprint density at radius 3 is 2.43 bits per heavy atom. The summed E-state index contributed by atoms with van der Waals surface area (Å²) in [4.78, 5) is 11.6. The zero-order valence-electron chi connectivity index (χ0n) is 16.4. The molecule has 11 heteroatoms. The average molecular weight is 450 g/mol. The number of hydrogen-bond donors (Lipinski definition) is 0. The van der Waals surface area contributed by atoms with Crippen molar-refractivity contribution in [1.82, 2.24) is 19.1 Å². The molecular formula is C19H23N5O4S2. The summed E-state index contributed by atoms with van der Waals surface area (Å²) in [6.07, 6.45) is 7.00. The third-order valence-electron chi connectivity index (χ3n) is 5.83. The molecule has 0 spiro atoms. The minimum Gasteiger partial charge on any atom is -0.302 e. The molecule has 2 aliphatic carbocycles. The number of aromatic nitrogens is 3. The molecular weight excluding hydrogens is 426 g/mol. The van der Waals surface area contributed by atoms with Crippen molar-refractivity contribution < 1.29 is 13.3 Å². The summed E-state index contributed by atoms with van der Waals surface area (Å²) in [7, 11) is -3.73. The second kappa shape index (κ2) is 7.61. The van der Waals surface area contributed by atoms with Gasteiger partial charge >= 0.3 is 0 Å². The van der Waals surface area contributed by atoms with Crippen molar-refractivity contribution in [3.05, 3.63) is 34.1 Å². The van der Waals surface area contributed by atoms with E-state index in [1.54, 1.807) is 0 Å². The molecule has 30 heavy (non-hydrogen) atoms. The summed E-state index contributed by atoms with van der Waals surface area (Å²) in [5.74, 6) is 1.42. The number of rotatable bonds is 7. The van der Waals surface area contributed by atoms with Gasteiger partial charge in [-0.15, -0.1) is 10.2 Å². The van der Waals surface area contributed by atoms with E-state index in [1.165, 1.54) is 34.3 Å². The Morgan fingerprint density at radius 2 is 1.80 bits per heavy atom. The number of nitro benzene ring substituents is 1. The highest BCUT2D eigenvalue weighted by Gasteiger charge is 2.37.